The molecule has 0 bridgehead atoms. The first-order valence-electron chi connectivity index (χ1n) is 8.26. The third-order valence-electron chi connectivity index (χ3n) is 4.12. The minimum absolute atomic E-state index is 0. The van der Waals surface area contributed by atoms with E-state index < -0.39 is 37.2 Å². The molecule has 3 aromatic carbocycles. The zero-order chi connectivity index (χ0) is 21.2. The molecule has 0 spiro atoms. The molecule has 0 heterocycles. The summed E-state index contributed by atoms with van der Waals surface area (Å²) in [5, 5.41) is 17.2. The summed E-state index contributed by atoms with van der Waals surface area (Å²) < 4.78 is 58.7. The molecule has 0 aromatic heterocycles. The topological polar surface area (TPSA) is 162 Å². The number of aliphatic hydroxyl groups is 1. The summed E-state index contributed by atoms with van der Waals surface area (Å²) in [5.74, 6) is -0.395. The quantitative estimate of drug-likeness (QED) is 0.218. The molecule has 0 radical (unpaired) electrons. The van der Waals surface area contributed by atoms with Gasteiger partial charge in [-0.3, -0.25) is 0 Å². The summed E-state index contributed by atoms with van der Waals surface area (Å²) in [6.45, 7) is -0.490. The molecule has 0 saturated heterocycles. The Hall–Kier alpha value is -1.86. The number of nitrogens with two attached hydrogens (primary N) is 1. The van der Waals surface area contributed by atoms with Gasteiger partial charge in [-0.1, -0.05) is 24.3 Å². The van der Waals surface area contributed by atoms with Crippen molar-refractivity contribution in [1.29, 1.82) is 0 Å². The van der Waals surface area contributed by atoms with Gasteiger partial charge < -0.3 is 15.4 Å². The van der Waals surface area contributed by atoms with Crippen molar-refractivity contribution in [1.82, 2.24) is 0 Å². The maximum absolute atomic E-state index is 11.9. The van der Waals surface area contributed by atoms with E-state index in [9.17, 15) is 21.4 Å². The summed E-state index contributed by atoms with van der Waals surface area (Å²) in [4.78, 5) is -0.433. The molecule has 0 unspecified atom stereocenters. The summed E-state index contributed by atoms with van der Waals surface area (Å²) in [6.07, 6.45) is 0. The summed E-state index contributed by atoms with van der Waals surface area (Å²) >= 11 is 0. The van der Waals surface area contributed by atoms with E-state index in [0.717, 1.165) is 6.07 Å². The van der Waals surface area contributed by atoms with Crippen molar-refractivity contribution >= 4 is 47.8 Å². The molecule has 0 aliphatic carbocycles. The van der Waals surface area contributed by atoms with E-state index in [1.807, 2.05) is 0 Å². The zero-order valence-electron chi connectivity index (χ0n) is 15.9. The number of anilines is 1. The Bertz CT molecular complexity index is 1310. The number of nitrogen functional groups attached to an aromatic ring is 1. The first kappa shape index (κ1) is 24.4. The van der Waals surface area contributed by atoms with Gasteiger partial charge in [0.2, 0.25) is 0 Å². The monoisotopic (exact) mass is 457 g/mol. The fourth-order valence-corrected chi connectivity index (χ4v) is 4.44. The van der Waals surface area contributed by atoms with Crippen molar-refractivity contribution in [2.45, 2.75) is 9.79 Å². The molecule has 0 saturated carbocycles. The van der Waals surface area contributed by atoms with Crippen molar-refractivity contribution in [2.75, 3.05) is 18.1 Å². The molecule has 0 aliphatic heterocycles. The third-order valence-corrected chi connectivity index (χ3v) is 6.71. The maximum atomic E-state index is 11.9. The molecule has 0 aliphatic rings. The van der Waals surface area contributed by atoms with E-state index in [1.54, 1.807) is 18.2 Å². The van der Waals surface area contributed by atoms with Crippen LogP contribution in [0.3, 0.4) is 0 Å². The molecule has 3 N–H and O–H groups in total. The molecule has 0 fully saturated rings. The first-order valence-corrected chi connectivity index (χ1v) is 11.3. The van der Waals surface area contributed by atoms with Gasteiger partial charge in [-0.15, -0.1) is 5.11 Å². The predicted octanol–water partition coefficient (Wildman–Crippen LogP) is -0.488. The van der Waals surface area contributed by atoms with Gasteiger partial charge in [0, 0.05) is 10.8 Å². The molecule has 0 amide bonds. The Morgan fingerprint density at radius 1 is 0.933 bits per heavy atom. The van der Waals surface area contributed by atoms with Crippen molar-refractivity contribution in [3.63, 3.8) is 0 Å². The van der Waals surface area contributed by atoms with Crippen LogP contribution in [0.25, 0.3) is 10.8 Å². The van der Waals surface area contributed by atoms with Gasteiger partial charge in [-0.05, 0) is 30.3 Å². The molecule has 3 rings (SSSR count). The van der Waals surface area contributed by atoms with E-state index in [1.165, 1.54) is 30.3 Å². The van der Waals surface area contributed by atoms with Gasteiger partial charge in [-0.25, -0.2) is 16.8 Å². The van der Waals surface area contributed by atoms with Crippen molar-refractivity contribution in [2.24, 2.45) is 10.2 Å². The number of hydrogen-bond donors (Lipinski definition) is 2. The number of nitrogens with zero attached hydrogens (tertiary/aromatic N) is 2. The van der Waals surface area contributed by atoms with Crippen LogP contribution in [0.1, 0.15) is 0 Å². The average Bonchev–Trinajstić information content (AvgIpc) is 2.67. The van der Waals surface area contributed by atoms with Gasteiger partial charge in [0.1, 0.15) is 15.8 Å². The second-order valence-electron chi connectivity index (χ2n) is 6.04. The Morgan fingerprint density at radius 2 is 1.53 bits per heavy atom. The molecule has 3 aromatic rings. The van der Waals surface area contributed by atoms with Gasteiger partial charge in [0.15, 0.2) is 9.84 Å². The minimum atomic E-state index is -4.77. The second kappa shape index (κ2) is 9.52. The molecule has 9 nitrogen and oxygen atoms in total. The Balaban J connectivity index is 0.00000320. The smallest absolute Gasteiger partial charge is 0.744 e. The normalized spacial score (nSPS) is 12.2. The number of azo groups is 1. The summed E-state index contributed by atoms with van der Waals surface area (Å²) in [7, 11) is -8.36. The second-order valence-corrected chi connectivity index (χ2v) is 9.50. The maximum Gasteiger partial charge on any atom is 1.00 e. The SMILES string of the molecule is Nc1c(N=Nc2ccc(S(=O)(=O)CCO)cc2)cc(S(=O)(=O)[O-])c2ccccc12.[Na+]. The van der Waals surface area contributed by atoms with Crippen LogP contribution < -0.4 is 35.3 Å². The Kier molecular flexibility index (Phi) is 7.74. The Labute approximate surface area is 195 Å². The number of rotatable bonds is 6. The number of benzene rings is 3. The van der Waals surface area contributed by atoms with Crippen molar-refractivity contribution in [3.8, 4) is 0 Å². The fraction of sp³-hybridized carbons (Fsp3) is 0.111. The van der Waals surface area contributed by atoms with E-state index in [4.69, 9.17) is 10.8 Å². The summed E-state index contributed by atoms with van der Waals surface area (Å²) in [5.41, 5.74) is 6.49. The zero-order valence-corrected chi connectivity index (χ0v) is 19.5. The van der Waals surface area contributed by atoms with Gasteiger partial charge in [0.05, 0.1) is 33.5 Å². The molecule has 152 valence electrons. The van der Waals surface area contributed by atoms with Gasteiger partial charge >= 0.3 is 29.6 Å². The van der Waals surface area contributed by atoms with Crippen LogP contribution in [0.2, 0.25) is 0 Å². The minimum Gasteiger partial charge on any atom is -0.744 e. The van der Waals surface area contributed by atoms with Gasteiger partial charge in [0.25, 0.3) is 0 Å². The standard InChI is InChI=1S/C18H17N3O6S2.Na/c19-18-15-4-2-1-3-14(15)17(29(25,26)27)11-16(18)21-20-12-5-7-13(8-6-12)28(23,24)10-9-22;/h1-8,11,22H,9-10,19H2,(H,25,26,27);/q;+1/p-1. The van der Waals surface area contributed by atoms with Crippen LogP contribution in [0.4, 0.5) is 17.1 Å². The van der Waals surface area contributed by atoms with Crippen LogP contribution >= 0.6 is 0 Å². The molecular formula is C18H16N3NaO6S2. The van der Waals surface area contributed by atoms with Crippen LogP contribution in [-0.4, -0.2) is 38.9 Å². The number of sulfone groups is 1. The van der Waals surface area contributed by atoms with Gasteiger partial charge in [-0.2, -0.15) is 5.11 Å². The Morgan fingerprint density at radius 3 is 2.10 bits per heavy atom. The predicted molar refractivity (Wildman–Crippen MR) is 106 cm³/mol. The fourth-order valence-electron chi connectivity index (χ4n) is 2.71. The first-order chi connectivity index (χ1) is 13.6. The molecule has 0 atom stereocenters. The number of hydrogen-bond acceptors (Lipinski definition) is 9. The van der Waals surface area contributed by atoms with Crippen molar-refractivity contribution in [3.05, 3.63) is 54.6 Å². The van der Waals surface area contributed by atoms with Crippen LogP contribution in [0.5, 0.6) is 0 Å². The summed E-state index contributed by atoms with van der Waals surface area (Å²) in [6, 6.07) is 12.8. The third kappa shape index (κ3) is 5.24. The average molecular weight is 457 g/mol. The number of fused-ring (bicyclic) bond motifs is 1. The number of aliphatic hydroxyl groups excluding tert-OH is 1. The van der Waals surface area contributed by atoms with E-state index in [-0.39, 0.29) is 56.9 Å². The molecular weight excluding hydrogens is 441 g/mol. The van der Waals surface area contributed by atoms with E-state index >= 15 is 0 Å². The van der Waals surface area contributed by atoms with Crippen molar-refractivity contribution < 1.29 is 56.1 Å². The molecule has 30 heavy (non-hydrogen) atoms. The van der Waals surface area contributed by atoms with E-state index in [2.05, 4.69) is 10.2 Å². The van der Waals surface area contributed by atoms with Crippen LogP contribution in [-0.2, 0) is 20.0 Å². The van der Waals surface area contributed by atoms with Crippen LogP contribution in [0, 0.1) is 0 Å². The largest absolute Gasteiger partial charge is 1.00 e. The van der Waals surface area contributed by atoms with Crippen LogP contribution in [0.15, 0.2) is 74.6 Å². The van der Waals surface area contributed by atoms with E-state index in [0.29, 0.717) is 5.39 Å². The molecule has 12 heteroatoms.